The summed E-state index contributed by atoms with van der Waals surface area (Å²) >= 11 is 0. The van der Waals surface area contributed by atoms with Gasteiger partial charge >= 0.3 is 5.97 Å². The van der Waals surface area contributed by atoms with Gasteiger partial charge in [0.25, 0.3) is 0 Å². The minimum Gasteiger partial charge on any atom is -0.468 e. The number of esters is 1. The van der Waals surface area contributed by atoms with Crippen LogP contribution in [0.2, 0.25) is 0 Å². The van der Waals surface area contributed by atoms with Gasteiger partial charge in [0.05, 0.1) is 7.11 Å². The number of carbonyl (C=O) groups is 2. The number of ketones is 1. The lowest BCUT2D eigenvalue weighted by Gasteiger charge is -2.10. The van der Waals surface area contributed by atoms with Crippen LogP contribution in [0, 0.1) is 5.92 Å². The molecule has 0 radical (unpaired) electrons. The zero-order valence-corrected chi connectivity index (χ0v) is 8.77. The van der Waals surface area contributed by atoms with Crippen molar-refractivity contribution in [3.05, 3.63) is 30.1 Å². The van der Waals surface area contributed by atoms with Crippen LogP contribution in [0.1, 0.15) is 23.7 Å². The van der Waals surface area contributed by atoms with E-state index in [0.29, 0.717) is 12.0 Å². The minimum atomic E-state index is -0.723. The number of hydrogen-bond acceptors (Lipinski definition) is 4. The molecule has 1 atom stereocenters. The summed E-state index contributed by atoms with van der Waals surface area (Å²) in [5.74, 6) is -1.46. The number of carbonyl (C=O) groups excluding carboxylic acids is 2. The van der Waals surface area contributed by atoms with Crippen molar-refractivity contribution in [3.63, 3.8) is 0 Å². The highest BCUT2D eigenvalue weighted by Crippen LogP contribution is 2.12. The van der Waals surface area contributed by atoms with Gasteiger partial charge in [-0.15, -0.1) is 0 Å². The van der Waals surface area contributed by atoms with Crippen LogP contribution in [0.15, 0.2) is 24.5 Å². The first-order valence-corrected chi connectivity index (χ1v) is 4.72. The highest BCUT2D eigenvalue weighted by Gasteiger charge is 2.26. The summed E-state index contributed by atoms with van der Waals surface area (Å²) in [5, 5.41) is 0. The maximum atomic E-state index is 11.8. The monoisotopic (exact) mass is 207 g/mol. The average molecular weight is 207 g/mol. The van der Waals surface area contributed by atoms with Gasteiger partial charge in [-0.25, -0.2) is 0 Å². The molecule has 0 amide bonds. The summed E-state index contributed by atoms with van der Waals surface area (Å²) in [6.45, 7) is 1.77. The van der Waals surface area contributed by atoms with Crippen molar-refractivity contribution in [1.82, 2.24) is 4.98 Å². The molecule has 0 aliphatic heterocycles. The lowest BCUT2D eigenvalue weighted by Crippen LogP contribution is -2.24. The van der Waals surface area contributed by atoms with Crippen LogP contribution in [-0.2, 0) is 9.53 Å². The highest BCUT2D eigenvalue weighted by molar-refractivity contribution is 6.08. The Bertz CT molecular complexity index is 348. The second-order valence-electron chi connectivity index (χ2n) is 3.09. The first kappa shape index (κ1) is 11.4. The van der Waals surface area contributed by atoms with Crippen LogP contribution in [0.4, 0.5) is 0 Å². The maximum absolute atomic E-state index is 11.8. The second kappa shape index (κ2) is 5.24. The van der Waals surface area contributed by atoms with Gasteiger partial charge in [0.2, 0.25) is 0 Å². The van der Waals surface area contributed by atoms with Crippen molar-refractivity contribution in [3.8, 4) is 0 Å². The van der Waals surface area contributed by atoms with E-state index in [9.17, 15) is 9.59 Å². The Morgan fingerprint density at radius 1 is 1.53 bits per heavy atom. The summed E-state index contributed by atoms with van der Waals surface area (Å²) in [4.78, 5) is 27.0. The fourth-order valence-corrected chi connectivity index (χ4v) is 1.31. The molecule has 0 bridgehead atoms. The van der Waals surface area contributed by atoms with Gasteiger partial charge in [-0.1, -0.05) is 6.92 Å². The van der Waals surface area contributed by atoms with Crippen LogP contribution < -0.4 is 0 Å². The molecule has 0 N–H and O–H groups in total. The van der Waals surface area contributed by atoms with E-state index in [1.165, 1.54) is 13.3 Å². The Labute approximate surface area is 88.3 Å². The van der Waals surface area contributed by atoms with Crippen molar-refractivity contribution in [2.45, 2.75) is 13.3 Å². The summed E-state index contributed by atoms with van der Waals surface area (Å²) < 4.78 is 4.57. The number of ether oxygens (including phenoxy) is 1. The summed E-state index contributed by atoms with van der Waals surface area (Å²) in [6.07, 6.45) is 3.46. The van der Waals surface area contributed by atoms with Crippen molar-refractivity contribution >= 4 is 11.8 Å². The smallest absolute Gasteiger partial charge is 0.316 e. The molecule has 1 aromatic rings. The average Bonchev–Trinajstić information content (AvgIpc) is 2.30. The molecule has 15 heavy (non-hydrogen) atoms. The molecule has 4 nitrogen and oxygen atoms in total. The van der Waals surface area contributed by atoms with Gasteiger partial charge in [-0.2, -0.15) is 0 Å². The predicted octanol–water partition coefficient (Wildman–Crippen LogP) is 1.46. The SMILES string of the molecule is CCC(C(=O)OC)C(=O)c1cccnc1. The molecule has 80 valence electrons. The third kappa shape index (κ3) is 2.62. The summed E-state index contributed by atoms with van der Waals surface area (Å²) in [7, 11) is 1.28. The zero-order chi connectivity index (χ0) is 11.3. The molecule has 0 aliphatic carbocycles. The molecule has 4 heteroatoms. The van der Waals surface area contributed by atoms with E-state index < -0.39 is 11.9 Å². The molecule has 0 aromatic carbocycles. The van der Waals surface area contributed by atoms with E-state index in [1.807, 2.05) is 0 Å². The third-order valence-electron chi connectivity index (χ3n) is 2.16. The summed E-state index contributed by atoms with van der Waals surface area (Å²) in [6, 6.07) is 3.30. The topological polar surface area (TPSA) is 56.3 Å². The molecule has 0 fully saturated rings. The number of nitrogens with zero attached hydrogens (tertiary/aromatic N) is 1. The van der Waals surface area contributed by atoms with Gasteiger partial charge in [0.1, 0.15) is 5.92 Å². The molecule has 1 heterocycles. The van der Waals surface area contributed by atoms with Gasteiger partial charge in [0.15, 0.2) is 5.78 Å². The predicted molar refractivity (Wildman–Crippen MR) is 54.4 cm³/mol. The first-order valence-electron chi connectivity index (χ1n) is 4.72. The van der Waals surface area contributed by atoms with Crippen LogP contribution >= 0.6 is 0 Å². The zero-order valence-electron chi connectivity index (χ0n) is 8.77. The maximum Gasteiger partial charge on any atom is 0.316 e. The van der Waals surface area contributed by atoms with E-state index in [2.05, 4.69) is 9.72 Å². The van der Waals surface area contributed by atoms with Gasteiger partial charge < -0.3 is 4.74 Å². The third-order valence-corrected chi connectivity index (χ3v) is 2.16. The second-order valence-corrected chi connectivity index (χ2v) is 3.09. The Kier molecular flexibility index (Phi) is 3.97. The minimum absolute atomic E-state index is 0.238. The van der Waals surface area contributed by atoms with Crippen LogP contribution in [-0.4, -0.2) is 23.8 Å². The van der Waals surface area contributed by atoms with Crippen molar-refractivity contribution in [2.24, 2.45) is 5.92 Å². The lowest BCUT2D eigenvalue weighted by atomic mass is 9.96. The van der Waals surface area contributed by atoms with Crippen LogP contribution in [0.3, 0.4) is 0 Å². The van der Waals surface area contributed by atoms with E-state index in [1.54, 1.807) is 25.3 Å². The van der Waals surface area contributed by atoms with Crippen molar-refractivity contribution < 1.29 is 14.3 Å². The normalized spacial score (nSPS) is 11.9. The molecule has 0 saturated heterocycles. The number of pyridine rings is 1. The van der Waals surface area contributed by atoms with Crippen molar-refractivity contribution in [1.29, 1.82) is 0 Å². The fourth-order valence-electron chi connectivity index (χ4n) is 1.31. The van der Waals surface area contributed by atoms with Gasteiger partial charge in [0, 0.05) is 18.0 Å². The highest BCUT2D eigenvalue weighted by atomic mass is 16.5. The van der Waals surface area contributed by atoms with Gasteiger partial charge in [-0.3, -0.25) is 14.6 Å². The molecule has 1 unspecified atom stereocenters. The largest absolute Gasteiger partial charge is 0.468 e. The number of hydrogen-bond donors (Lipinski definition) is 0. The fraction of sp³-hybridized carbons (Fsp3) is 0.364. The Balaban J connectivity index is 2.87. The number of methoxy groups -OCH3 is 1. The van der Waals surface area contributed by atoms with Crippen molar-refractivity contribution in [2.75, 3.05) is 7.11 Å². The lowest BCUT2D eigenvalue weighted by molar-refractivity contribution is -0.143. The van der Waals surface area contributed by atoms with Crippen LogP contribution in [0.5, 0.6) is 0 Å². The number of aromatic nitrogens is 1. The molecule has 0 aliphatic rings. The van der Waals surface area contributed by atoms with Crippen LogP contribution in [0.25, 0.3) is 0 Å². The molecule has 1 aromatic heterocycles. The number of Topliss-reactive ketones (excluding diaryl/α,β-unsaturated/α-hetero) is 1. The van der Waals surface area contributed by atoms with Gasteiger partial charge in [-0.05, 0) is 18.6 Å². The Morgan fingerprint density at radius 3 is 2.73 bits per heavy atom. The Morgan fingerprint density at radius 2 is 2.27 bits per heavy atom. The molecule has 0 saturated carbocycles. The van der Waals surface area contributed by atoms with E-state index in [4.69, 9.17) is 0 Å². The molecule has 0 spiro atoms. The summed E-state index contributed by atoms with van der Waals surface area (Å²) in [5.41, 5.74) is 0.440. The van der Waals surface area contributed by atoms with E-state index in [-0.39, 0.29) is 5.78 Å². The van der Waals surface area contributed by atoms with E-state index >= 15 is 0 Å². The number of rotatable bonds is 4. The Hall–Kier alpha value is -1.71. The quantitative estimate of drug-likeness (QED) is 0.426. The molecule has 1 rings (SSSR count). The standard InChI is InChI=1S/C11H13NO3/c1-3-9(11(14)15-2)10(13)8-5-4-6-12-7-8/h4-7,9H,3H2,1-2H3. The molecular formula is C11H13NO3. The molecular weight excluding hydrogens is 194 g/mol. The van der Waals surface area contributed by atoms with E-state index in [0.717, 1.165) is 0 Å². The first-order chi connectivity index (χ1) is 7.20.